The average molecular weight is 479 g/mol. The van der Waals surface area contributed by atoms with Crippen molar-refractivity contribution in [2.75, 3.05) is 11.4 Å². The third kappa shape index (κ3) is 3.06. The van der Waals surface area contributed by atoms with Crippen molar-refractivity contribution in [1.29, 1.82) is 0 Å². The Labute approximate surface area is 189 Å². The van der Waals surface area contributed by atoms with Crippen molar-refractivity contribution in [3.8, 4) is 10.6 Å². The van der Waals surface area contributed by atoms with E-state index >= 15 is 8.78 Å². The Balaban J connectivity index is 1.73. The Hall–Kier alpha value is -3.03. The Morgan fingerprint density at radius 2 is 1.91 bits per heavy atom. The largest absolute Gasteiger partial charge is 0.389 e. The minimum atomic E-state index is -1.81. The first-order valence-corrected chi connectivity index (χ1v) is 11.0. The highest BCUT2D eigenvalue weighted by molar-refractivity contribution is 7.14. The number of aliphatic hydroxyl groups excluding tert-OH is 1. The van der Waals surface area contributed by atoms with Crippen LogP contribution in [0.1, 0.15) is 24.4 Å². The number of anilines is 1. The minimum Gasteiger partial charge on any atom is -0.389 e. The molecule has 3 N–H and O–H groups in total. The number of halogens is 2. The number of ether oxygens (including phenoxy) is 1. The summed E-state index contributed by atoms with van der Waals surface area (Å²) in [6.07, 6.45) is -1.39. The summed E-state index contributed by atoms with van der Waals surface area (Å²) in [6, 6.07) is -0.575. The van der Waals surface area contributed by atoms with Crippen molar-refractivity contribution in [1.82, 2.24) is 20.8 Å². The van der Waals surface area contributed by atoms with E-state index in [2.05, 4.69) is 20.8 Å². The van der Waals surface area contributed by atoms with Crippen LogP contribution in [-0.2, 0) is 27.4 Å². The molecule has 3 aliphatic rings. The zero-order valence-corrected chi connectivity index (χ0v) is 18.3. The summed E-state index contributed by atoms with van der Waals surface area (Å²) in [7, 11) is 0. The fraction of sp³-hybridized carbons (Fsp3) is 0.450. The normalized spacial score (nSPS) is 26.0. The van der Waals surface area contributed by atoms with Gasteiger partial charge >= 0.3 is 6.03 Å². The number of aliphatic hydroxyl groups is 1. The zero-order valence-electron chi connectivity index (χ0n) is 17.5. The van der Waals surface area contributed by atoms with E-state index in [1.165, 1.54) is 11.0 Å². The summed E-state index contributed by atoms with van der Waals surface area (Å²) in [5.74, 6) is -3.95. The first-order valence-electron chi connectivity index (χ1n) is 10.2. The van der Waals surface area contributed by atoms with Crippen molar-refractivity contribution >= 4 is 34.9 Å². The van der Waals surface area contributed by atoms with Crippen LogP contribution < -0.4 is 15.5 Å². The fourth-order valence-electron chi connectivity index (χ4n) is 5.12. The second-order valence-electron chi connectivity index (χ2n) is 8.35. The van der Waals surface area contributed by atoms with Crippen LogP contribution in [0.15, 0.2) is 6.07 Å². The van der Waals surface area contributed by atoms with Gasteiger partial charge in [-0.15, -0.1) is 10.2 Å². The molecule has 33 heavy (non-hydrogen) atoms. The van der Waals surface area contributed by atoms with Crippen LogP contribution in [0.5, 0.6) is 0 Å². The Bertz CT molecular complexity index is 1180. The second kappa shape index (κ2) is 7.50. The number of nitrogens with one attached hydrogen (secondary N) is 2. The molecule has 0 saturated carbocycles. The summed E-state index contributed by atoms with van der Waals surface area (Å²) in [6.45, 7) is 3.09. The highest BCUT2D eigenvalue weighted by Gasteiger charge is 2.63. The van der Waals surface area contributed by atoms with Crippen LogP contribution in [0, 0.1) is 17.0 Å². The van der Waals surface area contributed by atoms with Crippen LogP contribution in [-0.4, -0.2) is 57.9 Å². The van der Waals surface area contributed by atoms with Crippen LogP contribution in [0.25, 0.3) is 10.6 Å². The molecular formula is C20H19F2N5O5S. The molecule has 5 rings (SSSR count). The van der Waals surface area contributed by atoms with E-state index in [1.54, 1.807) is 13.8 Å². The number of urea groups is 1. The van der Waals surface area contributed by atoms with E-state index in [1.807, 2.05) is 0 Å². The quantitative estimate of drug-likeness (QED) is 0.541. The maximum Gasteiger partial charge on any atom is 0.328 e. The van der Waals surface area contributed by atoms with Crippen molar-refractivity contribution in [3.05, 3.63) is 28.3 Å². The van der Waals surface area contributed by atoms with Gasteiger partial charge in [0.2, 0.25) is 11.8 Å². The molecule has 0 radical (unpaired) electrons. The van der Waals surface area contributed by atoms with Crippen LogP contribution in [0.2, 0.25) is 0 Å². The number of fused-ring (bicyclic) bond motifs is 4. The molecule has 1 aromatic heterocycles. The van der Waals surface area contributed by atoms with Crippen molar-refractivity contribution < 1.29 is 33.0 Å². The van der Waals surface area contributed by atoms with Gasteiger partial charge in [-0.05, 0) is 25.5 Å². The molecule has 13 heteroatoms. The Morgan fingerprint density at radius 1 is 1.21 bits per heavy atom. The van der Waals surface area contributed by atoms with Gasteiger partial charge in [0.15, 0.2) is 22.1 Å². The molecule has 2 aromatic rings. The number of benzene rings is 1. The number of aromatic nitrogens is 2. The van der Waals surface area contributed by atoms with Crippen LogP contribution in [0.3, 0.4) is 0 Å². The van der Waals surface area contributed by atoms with Gasteiger partial charge in [0.25, 0.3) is 0 Å². The van der Waals surface area contributed by atoms with Crippen molar-refractivity contribution in [2.45, 2.75) is 45.1 Å². The highest BCUT2D eigenvalue weighted by Crippen LogP contribution is 2.49. The lowest BCUT2D eigenvalue weighted by molar-refractivity contribution is -0.153. The third-order valence-corrected chi connectivity index (χ3v) is 7.24. The van der Waals surface area contributed by atoms with E-state index in [0.29, 0.717) is 0 Å². The summed E-state index contributed by atoms with van der Waals surface area (Å²) in [5.41, 5.74) is -1.85. The Morgan fingerprint density at radius 3 is 2.55 bits per heavy atom. The molecule has 2 fully saturated rings. The van der Waals surface area contributed by atoms with Gasteiger partial charge in [0.05, 0.1) is 36.1 Å². The second-order valence-corrected chi connectivity index (χ2v) is 9.42. The molecule has 3 atom stereocenters. The summed E-state index contributed by atoms with van der Waals surface area (Å²) in [5, 5.41) is 21.3. The molecule has 0 aliphatic carbocycles. The molecule has 0 bridgehead atoms. The average Bonchev–Trinajstić information content (AvgIpc) is 3.22. The van der Waals surface area contributed by atoms with Crippen molar-refractivity contribution in [2.24, 2.45) is 5.41 Å². The molecule has 10 nitrogen and oxygen atoms in total. The number of amides is 4. The van der Waals surface area contributed by atoms with Gasteiger partial charge in [0.1, 0.15) is 5.01 Å². The van der Waals surface area contributed by atoms with Gasteiger partial charge in [-0.2, -0.15) is 0 Å². The maximum absolute atomic E-state index is 15.5. The number of imide groups is 2. The van der Waals surface area contributed by atoms with E-state index in [0.717, 1.165) is 11.3 Å². The number of hydrogen-bond acceptors (Lipinski definition) is 9. The van der Waals surface area contributed by atoms with Gasteiger partial charge < -0.3 is 14.7 Å². The molecule has 174 valence electrons. The SMILES string of the molecule is C[C@H]1CN2c3c(cc(-c4nnc(CO)s4)c(F)c3F)CC3(C(=O)NC(=O)NC3=O)C2[C@@H](C)O1. The molecule has 1 aromatic carbocycles. The number of morpholine rings is 1. The number of carbonyl (C=O) groups excluding carboxylic acids is 3. The fourth-order valence-corrected chi connectivity index (χ4v) is 5.83. The predicted octanol–water partition coefficient (Wildman–Crippen LogP) is 0.866. The first-order chi connectivity index (χ1) is 15.7. The number of carbonyl (C=O) groups is 3. The smallest absolute Gasteiger partial charge is 0.328 e. The lowest BCUT2D eigenvalue weighted by Gasteiger charge is -2.55. The molecule has 4 amide bonds. The minimum absolute atomic E-state index is 0.0471. The number of rotatable bonds is 2. The van der Waals surface area contributed by atoms with E-state index < -0.39 is 59.8 Å². The standard InChI is InChI=1S/C20H19F2N5O5S/c1-7-5-27-14-9(3-10(12(21)13(14)22)16-26-25-11(6-28)33-16)4-20(15(27)8(2)32-7)17(29)23-19(31)24-18(20)30/h3,7-8,15,28H,4-6H2,1-2H3,(H2,23,24,29,30,31)/t7-,8+,15?/m0/s1. The van der Waals surface area contributed by atoms with E-state index in [9.17, 15) is 19.5 Å². The molecular weight excluding hydrogens is 460 g/mol. The molecule has 1 unspecified atom stereocenters. The predicted molar refractivity (Wildman–Crippen MR) is 110 cm³/mol. The van der Waals surface area contributed by atoms with E-state index in [-0.39, 0.29) is 39.8 Å². The lowest BCUT2D eigenvalue weighted by atomic mass is 9.66. The van der Waals surface area contributed by atoms with Crippen molar-refractivity contribution in [3.63, 3.8) is 0 Å². The summed E-state index contributed by atoms with van der Waals surface area (Å²) < 4.78 is 36.6. The molecule has 2 saturated heterocycles. The molecule has 1 spiro atoms. The first kappa shape index (κ1) is 21.8. The van der Waals surface area contributed by atoms with Gasteiger partial charge in [0, 0.05) is 13.0 Å². The molecule has 3 aliphatic heterocycles. The van der Waals surface area contributed by atoms with Gasteiger partial charge in [-0.1, -0.05) is 11.3 Å². The number of hydrogen-bond donors (Lipinski definition) is 3. The highest BCUT2D eigenvalue weighted by atomic mass is 32.1. The van der Waals surface area contributed by atoms with Crippen LogP contribution in [0.4, 0.5) is 19.3 Å². The number of nitrogens with zero attached hydrogens (tertiary/aromatic N) is 3. The summed E-state index contributed by atoms with van der Waals surface area (Å²) in [4.78, 5) is 39.5. The number of barbiturate groups is 1. The topological polar surface area (TPSA) is 134 Å². The lowest BCUT2D eigenvalue weighted by Crippen LogP contribution is -2.75. The third-order valence-electron chi connectivity index (χ3n) is 6.30. The van der Waals surface area contributed by atoms with Gasteiger partial charge in [-0.3, -0.25) is 20.2 Å². The maximum atomic E-state index is 15.5. The Kier molecular flexibility index (Phi) is 4.95. The summed E-state index contributed by atoms with van der Waals surface area (Å²) >= 11 is 0.896. The van der Waals surface area contributed by atoms with Crippen LogP contribution >= 0.6 is 11.3 Å². The van der Waals surface area contributed by atoms with Gasteiger partial charge in [-0.25, -0.2) is 13.6 Å². The zero-order chi connectivity index (χ0) is 23.7. The van der Waals surface area contributed by atoms with E-state index in [4.69, 9.17) is 4.74 Å². The monoisotopic (exact) mass is 479 g/mol. The molecule has 4 heterocycles.